The predicted molar refractivity (Wildman–Crippen MR) is 64.4 cm³/mol. The van der Waals surface area contributed by atoms with Crippen molar-refractivity contribution in [1.29, 1.82) is 0 Å². The Morgan fingerprint density at radius 3 is 2.75 bits per heavy atom. The van der Waals surface area contributed by atoms with E-state index in [9.17, 15) is 5.11 Å². The van der Waals surface area contributed by atoms with E-state index in [0.717, 1.165) is 30.9 Å². The molecule has 1 heterocycles. The van der Waals surface area contributed by atoms with Crippen molar-refractivity contribution in [2.45, 2.75) is 58.6 Å². The third-order valence-electron chi connectivity index (χ3n) is 3.83. The molecule has 1 fully saturated rings. The minimum atomic E-state index is -0.221. The second kappa shape index (κ2) is 4.58. The largest absolute Gasteiger partial charge is 0.391 e. The summed E-state index contributed by atoms with van der Waals surface area (Å²) in [5.74, 6) is 0.748. The van der Waals surface area contributed by atoms with E-state index in [4.69, 9.17) is 0 Å². The van der Waals surface area contributed by atoms with Gasteiger partial charge in [-0.05, 0) is 45.1 Å². The number of aryl methyl sites for hydroxylation is 2. The first-order valence-electron chi connectivity index (χ1n) is 6.32. The minimum absolute atomic E-state index is 0.187. The quantitative estimate of drug-likeness (QED) is 0.835. The number of nitrogens with zero attached hydrogens (tertiary/aromatic N) is 2. The van der Waals surface area contributed by atoms with Crippen LogP contribution in [0.15, 0.2) is 6.07 Å². The Bertz CT molecular complexity index is 359. The lowest BCUT2D eigenvalue weighted by Gasteiger charge is -2.33. The van der Waals surface area contributed by atoms with Crippen molar-refractivity contribution >= 4 is 0 Å². The van der Waals surface area contributed by atoms with E-state index >= 15 is 0 Å². The third-order valence-corrected chi connectivity index (χ3v) is 3.83. The molecule has 0 radical (unpaired) electrons. The Labute approximate surface area is 97.5 Å². The minimum Gasteiger partial charge on any atom is -0.391 e. The first kappa shape index (κ1) is 11.6. The van der Waals surface area contributed by atoms with E-state index in [0.29, 0.717) is 0 Å². The van der Waals surface area contributed by atoms with Crippen LogP contribution in [0.5, 0.6) is 0 Å². The average molecular weight is 222 g/mol. The Hall–Kier alpha value is -0.830. The summed E-state index contributed by atoms with van der Waals surface area (Å²) >= 11 is 0. The molecule has 1 aromatic heterocycles. The monoisotopic (exact) mass is 222 g/mol. The van der Waals surface area contributed by atoms with E-state index in [1.807, 2.05) is 11.6 Å². The molecular weight excluding hydrogens is 200 g/mol. The molecule has 0 aromatic carbocycles. The summed E-state index contributed by atoms with van der Waals surface area (Å²) in [6.07, 6.45) is 4.14. The Balaban J connectivity index is 2.21. The number of aliphatic hydroxyl groups is 1. The molecule has 3 nitrogen and oxygen atoms in total. The van der Waals surface area contributed by atoms with Crippen LogP contribution in [-0.4, -0.2) is 21.0 Å². The highest BCUT2D eigenvalue weighted by atomic mass is 16.3. The van der Waals surface area contributed by atoms with Gasteiger partial charge in [-0.2, -0.15) is 5.10 Å². The summed E-state index contributed by atoms with van der Waals surface area (Å²) in [6, 6.07) is 2.27. The van der Waals surface area contributed by atoms with Gasteiger partial charge in [0.25, 0.3) is 0 Å². The molecule has 0 bridgehead atoms. The zero-order valence-corrected chi connectivity index (χ0v) is 10.5. The maximum Gasteiger partial charge on any atom is 0.0783 e. The summed E-state index contributed by atoms with van der Waals surface area (Å²) in [7, 11) is 0. The van der Waals surface area contributed by atoms with Crippen LogP contribution in [0.1, 0.15) is 50.0 Å². The molecule has 2 rings (SSSR count). The number of aromatic nitrogens is 2. The van der Waals surface area contributed by atoms with E-state index < -0.39 is 0 Å². The third kappa shape index (κ3) is 2.14. The van der Waals surface area contributed by atoms with Crippen molar-refractivity contribution < 1.29 is 5.11 Å². The van der Waals surface area contributed by atoms with Gasteiger partial charge in [0, 0.05) is 5.69 Å². The Morgan fingerprint density at radius 1 is 1.44 bits per heavy atom. The van der Waals surface area contributed by atoms with Gasteiger partial charge in [0.2, 0.25) is 0 Å². The molecule has 3 unspecified atom stereocenters. The van der Waals surface area contributed by atoms with Crippen LogP contribution < -0.4 is 0 Å². The van der Waals surface area contributed by atoms with E-state index in [-0.39, 0.29) is 12.1 Å². The van der Waals surface area contributed by atoms with Gasteiger partial charge >= 0.3 is 0 Å². The average Bonchev–Trinajstić information content (AvgIpc) is 2.58. The fourth-order valence-corrected chi connectivity index (χ4v) is 2.83. The predicted octanol–water partition coefficient (Wildman–Crippen LogP) is 2.61. The molecule has 1 N–H and O–H groups in total. The summed E-state index contributed by atoms with van der Waals surface area (Å²) in [4.78, 5) is 0. The normalized spacial score (nSPS) is 30.6. The summed E-state index contributed by atoms with van der Waals surface area (Å²) in [5, 5.41) is 14.6. The molecule has 3 heteroatoms. The number of aliphatic hydroxyl groups excluding tert-OH is 1. The summed E-state index contributed by atoms with van der Waals surface area (Å²) < 4.78 is 2.03. The first-order chi connectivity index (χ1) is 7.61. The van der Waals surface area contributed by atoms with Gasteiger partial charge in [-0.15, -0.1) is 0 Å². The second-order valence-electron chi connectivity index (χ2n) is 5.09. The van der Waals surface area contributed by atoms with Crippen LogP contribution in [-0.2, 0) is 0 Å². The SMILES string of the molecule is CCC1CCC(O)C(n2nc(C)cc2C)C1. The molecule has 1 aromatic rings. The summed E-state index contributed by atoms with van der Waals surface area (Å²) in [6.45, 7) is 6.32. The molecule has 1 saturated carbocycles. The lowest BCUT2D eigenvalue weighted by Crippen LogP contribution is -2.32. The lowest BCUT2D eigenvalue weighted by atomic mass is 9.82. The topological polar surface area (TPSA) is 38.0 Å². The molecule has 90 valence electrons. The Morgan fingerprint density at radius 2 is 2.19 bits per heavy atom. The zero-order valence-electron chi connectivity index (χ0n) is 10.5. The number of hydrogen-bond acceptors (Lipinski definition) is 2. The maximum absolute atomic E-state index is 10.1. The molecule has 0 amide bonds. The molecule has 1 aliphatic rings. The van der Waals surface area contributed by atoms with Gasteiger partial charge < -0.3 is 5.11 Å². The molecular formula is C13H22N2O. The van der Waals surface area contributed by atoms with Crippen molar-refractivity contribution in [2.24, 2.45) is 5.92 Å². The standard InChI is InChI=1S/C13H22N2O/c1-4-11-5-6-13(16)12(8-11)15-10(3)7-9(2)14-15/h7,11-13,16H,4-6,8H2,1-3H3. The van der Waals surface area contributed by atoms with Crippen LogP contribution in [0.2, 0.25) is 0 Å². The zero-order chi connectivity index (χ0) is 11.7. The fraction of sp³-hybridized carbons (Fsp3) is 0.769. The highest BCUT2D eigenvalue weighted by molar-refractivity contribution is 5.08. The van der Waals surface area contributed by atoms with Gasteiger partial charge in [-0.25, -0.2) is 0 Å². The van der Waals surface area contributed by atoms with Crippen molar-refractivity contribution in [1.82, 2.24) is 9.78 Å². The van der Waals surface area contributed by atoms with Crippen LogP contribution in [0.3, 0.4) is 0 Å². The van der Waals surface area contributed by atoms with Crippen LogP contribution >= 0.6 is 0 Å². The molecule has 0 saturated heterocycles. The van der Waals surface area contributed by atoms with E-state index in [2.05, 4.69) is 25.0 Å². The second-order valence-corrected chi connectivity index (χ2v) is 5.09. The first-order valence-corrected chi connectivity index (χ1v) is 6.32. The molecule has 1 aliphatic carbocycles. The number of hydrogen-bond donors (Lipinski definition) is 1. The highest BCUT2D eigenvalue weighted by Gasteiger charge is 2.30. The summed E-state index contributed by atoms with van der Waals surface area (Å²) in [5.41, 5.74) is 2.21. The van der Waals surface area contributed by atoms with Gasteiger partial charge in [0.1, 0.15) is 0 Å². The molecule has 0 spiro atoms. The smallest absolute Gasteiger partial charge is 0.0783 e. The number of rotatable bonds is 2. The van der Waals surface area contributed by atoms with Crippen LogP contribution in [0.4, 0.5) is 0 Å². The molecule has 3 atom stereocenters. The van der Waals surface area contributed by atoms with Gasteiger partial charge in [0.05, 0.1) is 17.8 Å². The molecule has 0 aliphatic heterocycles. The van der Waals surface area contributed by atoms with Crippen molar-refractivity contribution in [3.63, 3.8) is 0 Å². The van der Waals surface area contributed by atoms with Crippen LogP contribution in [0.25, 0.3) is 0 Å². The Kier molecular flexibility index (Phi) is 3.33. The van der Waals surface area contributed by atoms with E-state index in [1.165, 1.54) is 12.1 Å². The highest BCUT2D eigenvalue weighted by Crippen LogP contribution is 2.34. The van der Waals surface area contributed by atoms with E-state index in [1.54, 1.807) is 0 Å². The fourth-order valence-electron chi connectivity index (χ4n) is 2.83. The van der Waals surface area contributed by atoms with Crippen molar-refractivity contribution in [3.8, 4) is 0 Å². The molecule has 16 heavy (non-hydrogen) atoms. The van der Waals surface area contributed by atoms with Gasteiger partial charge in [-0.1, -0.05) is 13.3 Å². The van der Waals surface area contributed by atoms with Gasteiger partial charge in [0.15, 0.2) is 0 Å². The van der Waals surface area contributed by atoms with Crippen molar-refractivity contribution in [3.05, 3.63) is 17.5 Å². The lowest BCUT2D eigenvalue weighted by molar-refractivity contribution is 0.0465. The maximum atomic E-state index is 10.1. The van der Waals surface area contributed by atoms with Crippen LogP contribution in [0, 0.1) is 19.8 Å². The van der Waals surface area contributed by atoms with Gasteiger partial charge in [-0.3, -0.25) is 4.68 Å². The van der Waals surface area contributed by atoms with Crippen molar-refractivity contribution in [2.75, 3.05) is 0 Å².